The van der Waals surface area contributed by atoms with E-state index in [-0.39, 0.29) is 5.91 Å². The molecule has 0 radical (unpaired) electrons. The van der Waals surface area contributed by atoms with Gasteiger partial charge in [-0.1, -0.05) is 26.0 Å². The second kappa shape index (κ2) is 9.81. The average Bonchev–Trinajstić information content (AvgIpc) is 2.61. The summed E-state index contributed by atoms with van der Waals surface area (Å²) in [5.41, 5.74) is 2.29. The van der Waals surface area contributed by atoms with Crippen molar-refractivity contribution in [3.05, 3.63) is 29.3 Å². The molecular weight excluding hydrogens is 312 g/mol. The first-order valence-electron chi connectivity index (χ1n) is 9.74. The molecule has 1 heterocycles. The van der Waals surface area contributed by atoms with Crippen LogP contribution in [0.15, 0.2) is 18.2 Å². The Labute approximate surface area is 152 Å². The van der Waals surface area contributed by atoms with Gasteiger partial charge in [0.2, 0.25) is 0 Å². The molecule has 25 heavy (non-hydrogen) atoms. The van der Waals surface area contributed by atoms with E-state index in [1.807, 2.05) is 26.0 Å². The first-order valence-corrected chi connectivity index (χ1v) is 9.74. The van der Waals surface area contributed by atoms with E-state index < -0.39 is 6.10 Å². The molecule has 1 aromatic carbocycles. The van der Waals surface area contributed by atoms with Crippen LogP contribution in [0.1, 0.15) is 50.7 Å². The number of aryl methyl sites for hydroxylation is 1. The molecule has 1 aliphatic heterocycles. The molecule has 1 fully saturated rings. The molecule has 1 saturated heterocycles. The summed E-state index contributed by atoms with van der Waals surface area (Å²) in [6.07, 6.45) is 3.85. The molecule has 0 aliphatic carbocycles. The van der Waals surface area contributed by atoms with Crippen LogP contribution in [-0.2, 0) is 4.79 Å². The predicted molar refractivity (Wildman–Crippen MR) is 103 cm³/mol. The molecule has 1 atom stereocenters. The lowest BCUT2D eigenvalue weighted by Crippen LogP contribution is -2.40. The molecule has 4 heteroatoms. The Kier molecular flexibility index (Phi) is 7.76. The molecule has 1 unspecified atom stereocenters. The number of carbonyl (C=O) groups excluding carboxylic acids is 1. The number of benzene rings is 1. The zero-order valence-electron chi connectivity index (χ0n) is 16.3. The number of hydrogen-bond acceptors (Lipinski definition) is 3. The minimum Gasteiger partial charge on any atom is -0.480 e. The zero-order valence-corrected chi connectivity index (χ0v) is 16.3. The van der Waals surface area contributed by atoms with Crippen LogP contribution in [0.2, 0.25) is 0 Å². The smallest absolute Gasteiger partial charge is 0.261 e. The van der Waals surface area contributed by atoms with E-state index in [1.165, 1.54) is 31.5 Å². The van der Waals surface area contributed by atoms with Crippen LogP contribution in [0.5, 0.6) is 5.75 Å². The standard InChI is InChI=1S/C21H34N2O2/c1-5-19(25-20-9-6-8-17(3)18(20)4)21(24)22-12-7-13-23-14-10-16(2)11-15-23/h6,8-9,16,19H,5,7,10-15H2,1-4H3,(H,22,24). The predicted octanol–water partition coefficient (Wildman–Crippen LogP) is 3.70. The third-order valence-corrected chi connectivity index (χ3v) is 5.31. The molecule has 0 aromatic heterocycles. The minimum absolute atomic E-state index is 0.00401. The highest BCUT2D eigenvalue weighted by molar-refractivity contribution is 5.81. The van der Waals surface area contributed by atoms with Gasteiger partial charge in [-0.3, -0.25) is 4.79 Å². The molecule has 140 valence electrons. The van der Waals surface area contributed by atoms with Crippen LogP contribution in [-0.4, -0.2) is 43.1 Å². The number of ether oxygens (including phenoxy) is 1. The maximum atomic E-state index is 12.4. The van der Waals surface area contributed by atoms with Crippen LogP contribution in [0.3, 0.4) is 0 Å². The fraction of sp³-hybridized carbons (Fsp3) is 0.667. The van der Waals surface area contributed by atoms with E-state index in [9.17, 15) is 4.79 Å². The van der Waals surface area contributed by atoms with Gasteiger partial charge >= 0.3 is 0 Å². The molecule has 1 amide bonds. The molecule has 2 rings (SSSR count). The van der Waals surface area contributed by atoms with E-state index in [0.29, 0.717) is 6.42 Å². The van der Waals surface area contributed by atoms with Crippen molar-refractivity contribution in [1.29, 1.82) is 0 Å². The number of rotatable bonds is 8. The van der Waals surface area contributed by atoms with Crippen molar-refractivity contribution in [2.24, 2.45) is 5.92 Å². The second-order valence-electron chi connectivity index (χ2n) is 7.38. The van der Waals surface area contributed by atoms with Gasteiger partial charge in [0.1, 0.15) is 5.75 Å². The topological polar surface area (TPSA) is 41.6 Å². The number of carbonyl (C=O) groups is 1. The summed E-state index contributed by atoms with van der Waals surface area (Å²) in [5.74, 6) is 1.67. The van der Waals surface area contributed by atoms with Crippen molar-refractivity contribution in [3.8, 4) is 5.75 Å². The maximum Gasteiger partial charge on any atom is 0.261 e. The summed E-state index contributed by atoms with van der Waals surface area (Å²) in [6, 6.07) is 5.97. The first kappa shape index (κ1) is 19.8. The summed E-state index contributed by atoms with van der Waals surface area (Å²) >= 11 is 0. The van der Waals surface area contributed by atoms with Crippen molar-refractivity contribution in [2.45, 2.75) is 59.5 Å². The summed E-state index contributed by atoms with van der Waals surface area (Å²) in [7, 11) is 0. The molecule has 0 bridgehead atoms. The largest absolute Gasteiger partial charge is 0.480 e. The Bertz CT molecular complexity index is 551. The molecule has 4 nitrogen and oxygen atoms in total. The monoisotopic (exact) mass is 346 g/mol. The molecule has 1 N–H and O–H groups in total. The van der Waals surface area contributed by atoms with E-state index in [0.717, 1.165) is 36.7 Å². The summed E-state index contributed by atoms with van der Waals surface area (Å²) < 4.78 is 5.97. The SMILES string of the molecule is CCC(Oc1cccc(C)c1C)C(=O)NCCCN1CCC(C)CC1. The highest BCUT2D eigenvalue weighted by atomic mass is 16.5. The Balaban J connectivity index is 1.73. The van der Waals surface area contributed by atoms with Crippen LogP contribution >= 0.6 is 0 Å². The number of nitrogens with one attached hydrogen (secondary N) is 1. The van der Waals surface area contributed by atoms with Gasteiger partial charge in [0, 0.05) is 6.54 Å². The third kappa shape index (κ3) is 6.03. The van der Waals surface area contributed by atoms with Gasteiger partial charge in [0.05, 0.1) is 0 Å². The summed E-state index contributed by atoms with van der Waals surface area (Å²) in [5, 5.41) is 3.05. The Morgan fingerprint density at radius 1 is 1.32 bits per heavy atom. The molecule has 1 aromatic rings. The number of nitrogens with zero attached hydrogens (tertiary/aromatic N) is 1. The molecule has 1 aliphatic rings. The van der Waals surface area contributed by atoms with Crippen molar-refractivity contribution in [3.63, 3.8) is 0 Å². The lowest BCUT2D eigenvalue weighted by molar-refractivity contribution is -0.128. The van der Waals surface area contributed by atoms with E-state index in [2.05, 4.69) is 30.1 Å². The van der Waals surface area contributed by atoms with Crippen LogP contribution in [0.4, 0.5) is 0 Å². The van der Waals surface area contributed by atoms with Crippen LogP contribution < -0.4 is 10.1 Å². The van der Waals surface area contributed by atoms with Crippen molar-refractivity contribution in [1.82, 2.24) is 10.2 Å². The highest BCUT2D eigenvalue weighted by Gasteiger charge is 2.19. The fourth-order valence-electron chi connectivity index (χ4n) is 3.24. The number of amides is 1. The van der Waals surface area contributed by atoms with Gasteiger partial charge in [0.15, 0.2) is 6.10 Å². The Morgan fingerprint density at radius 3 is 2.72 bits per heavy atom. The lowest BCUT2D eigenvalue weighted by atomic mass is 9.99. The van der Waals surface area contributed by atoms with E-state index >= 15 is 0 Å². The van der Waals surface area contributed by atoms with Crippen LogP contribution in [0.25, 0.3) is 0 Å². The van der Waals surface area contributed by atoms with Gasteiger partial charge in [0.25, 0.3) is 5.91 Å². The van der Waals surface area contributed by atoms with Gasteiger partial charge in [-0.15, -0.1) is 0 Å². The summed E-state index contributed by atoms with van der Waals surface area (Å²) in [6.45, 7) is 12.6. The van der Waals surface area contributed by atoms with Gasteiger partial charge in [-0.2, -0.15) is 0 Å². The number of hydrogen-bond donors (Lipinski definition) is 1. The van der Waals surface area contributed by atoms with Gasteiger partial charge < -0.3 is 15.0 Å². The van der Waals surface area contributed by atoms with Gasteiger partial charge in [-0.05, 0) is 82.3 Å². The zero-order chi connectivity index (χ0) is 18.2. The molecular formula is C21H34N2O2. The highest BCUT2D eigenvalue weighted by Crippen LogP contribution is 2.22. The number of likely N-dealkylation sites (tertiary alicyclic amines) is 1. The normalized spacial score (nSPS) is 17.3. The van der Waals surface area contributed by atoms with Crippen LogP contribution in [0, 0.1) is 19.8 Å². The van der Waals surface area contributed by atoms with Gasteiger partial charge in [-0.25, -0.2) is 0 Å². The Hall–Kier alpha value is -1.55. The maximum absolute atomic E-state index is 12.4. The van der Waals surface area contributed by atoms with Crippen molar-refractivity contribution >= 4 is 5.91 Å². The molecule has 0 spiro atoms. The lowest BCUT2D eigenvalue weighted by Gasteiger charge is -2.30. The minimum atomic E-state index is -0.420. The fourth-order valence-corrected chi connectivity index (χ4v) is 3.24. The quantitative estimate of drug-likeness (QED) is 0.730. The third-order valence-electron chi connectivity index (χ3n) is 5.31. The van der Waals surface area contributed by atoms with E-state index in [4.69, 9.17) is 4.74 Å². The Morgan fingerprint density at radius 2 is 2.04 bits per heavy atom. The first-order chi connectivity index (χ1) is 12.0. The van der Waals surface area contributed by atoms with E-state index in [1.54, 1.807) is 0 Å². The summed E-state index contributed by atoms with van der Waals surface area (Å²) in [4.78, 5) is 14.9. The second-order valence-corrected chi connectivity index (χ2v) is 7.38. The van der Waals surface area contributed by atoms with Crippen molar-refractivity contribution < 1.29 is 9.53 Å². The average molecular weight is 347 g/mol. The number of piperidine rings is 1. The molecule has 0 saturated carbocycles. The van der Waals surface area contributed by atoms with Crippen molar-refractivity contribution in [2.75, 3.05) is 26.2 Å².